The monoisotopic (exact) mass is 225 g/mol. The molecule has 82 valence electrons. The summed E-state index contributed by atoms with van der Waals surface area (Å²) in [7, 11) is 0. The first-order chi connectivity index (χ1) is 7.49. The summed E-state index contributed by atoms with van der Waals surface area (Å²) < 4.78 is 25.8. The summed E-state index contributed by atoms with van der Waals surface area (Å²) in [5, 5.41) is 8.81. The van der Waals surface area contributed by atoms with Gasteiger partial charge in [-0.05, 0) is 12.2 Å². The van der Waals surface area contributed by atoms with E-state index in [0.29, 0.717) is 0 Å². The highest BCUT2D eigenvalue weighted by molar-refractivity contribution is 6.17. The van der Waals surface area contributed by atoms with Gasteiger partial charge < -0.3 is 5.11 Å². The first-order valence-corrected chi connectivity index (χ1v) is 4.31. The molecule has 0 aromatic carbocycles. The highest BCUT2D eigenvalue weighted by Crippen LogP contribution is 2.30. The van der Waals surface area contributed by atoms with Crippen LogP contribution in [0.15, 0.2) is 40.4 Å². The van der Waals surface area contributed by atoms with E-state index >= 15 is 0 Å². The molecule has 1 unspecified atom stereocenters. The average Bonchev–Trinajstić information content (AvgIpc) is 2.19. The Morgan fingerprint density at radius 2 is 2.00 bits per heavy atom. The van der Waals surface area contributed by atoms with E-state index in [-0.39, 0.29) is 11.3 Å². The molecule has 4 nitrogen and oxygen atoms in total. The smallest absolute Gasteiger partial charge is 0.332 e. The zero-order valence-corrected chi connectivity index (χ0v) is 7.78. The number of amides is 1. The molecular weight excluding hydrogens is 220 g/mol. The van der Waals surface area contributed by atoms with Gasteiger partial charge in [-0.1, -0.05) is 0 Å². The van der Waals surface area contributed by atoms with Gasteiger partial charge in [-0.3, -0.25) is 4.79 Å². The number of aliphatic imine (C=N–C) groups is 1. The van der Waals surface area contributed by atoms with Crippen molar-refractivity contribution in [2.45, 2.75) is 0 Å². The van der Waals surface area contributed by atoms with Crippen LogP contribution in [0.3, 0.4) is 0 Å². The number of allylic oxidation sites excluding steroid dienone is 4. The third-order valence-electron chi connectivity index (χ3n) is 2.23. The van der Waals surface area contributed by atoms with Gasteiger partial charge in [-0.2, -0.15) is 0 Å². The highest BCUT2D eigenvalue weighted by atomic mass is 19.2. The first-order valence-electron chi connectivity index (χ1n) is 4.31. The highest BCUT2D eigenvalue weighted by Gasteiger charge is 2.32. The lowest BCUT2D eigenvalue weighted by molar-refractivity contribution is -0.133. The van der Waals surface area contributed by atoms with Crippen molar-refractivity contribution in [3.63, 3.8) is 0 Å². The number of aliphatic carboxylic acids is 1. The second-order valence-corrected chi connectivity index (χ2v) is 3.26. The molecule has 1 heterocycles. The SMILES string of the molecule is O=C1C=C(C(=O)O)C2C=C(F)C(F)=CC2=N1. The Labute approximate surface area is 88.3 Å². The topological polar surface area (TPSA) is 66.7 Å². The van der Waals surface area contributed by atoms with Crippen LogP contribution in [-0.4, -0.2) is 22.7 Å². The molecule has 2 rings (SSSR count). The second kappa shape index (κ2) is 3.48. The molecule has 1 amide bonds. The van der Waals surface area contributed by atoms with Gasteiger partial charge in [0.1, 0.15) is 0 Å². The van der Waals surface area contributed by atoms with Crippen LogP contribution in [0.2, 0.25) is 0 Å². The molecule has 0 spiro atoms. The van der Waals surface area contributed by atoms with E-state index in [1.807, 2.05) is 0 Å². The minimum atomic E-state index is -1.36. The number of carboxylic acid groups (broad SMARTS) is 1. The summed E-state index contributed by atoms with van der Waals surface area (Å²) in [6.07, 6.45) is 2.33. The van der Waals surface area contributed by atoms with Crippen LogP contribution in [0.5, 0.6) is 0 Å². The summed E-state index contributed by atoms with van der Waals surface area (Å²) >= 11 is 0. The van der Waals surface area contributed by atoms with Crippen molar-refractivity contribution in [1.82, 2.24) is 0 Å². The van der Waals surface area contributed by atoms with Crippen LogP contribution in [0.1, 0.15) is 0 Å². The van der Waals surface area contributed by atoms with Crippen LogP contribution in [0.25, 0.3) is 0 Å². The Kier molecular flexibility index (Phi) is 2.26. The standard InChI is InChI=1S/C10H5F2NO3/c11-6-1-4-5(10(15)16)2-9(14)13-8(4)3-7(6)12/h1-4H,(H,15,16). The lowest BCUT2D eigenvalue weighted by Crippen LogP contribution is -2.26. The van der Waals surface area contributed by atoms with Crippen LogP contribution in [0, 0.1) is 5.92 Å². The molecule has 0 bridgehead atoms. The third-order valence-corrected chi connectivity index (χ3v) is 2.23. The van der Waals surface area contributed by atoms with Crippen LogP contribution in [0.4, 0.5) is 8.78 Å². The summed E-state index contributed by atoms with van der Waals surface area (Å²) in [6, 6.07) is 0. The molecule has 0 fully saturated rings. The fourth-order valence-corrected chi connectivity index (χ4v) is 1.53. The number of carbonyl (C=O) groups excluding carboxylic acids is 1. The third kappa shape index (κ3) is 1.58. The summed E-state index contributed by atoms with van der Waals surface area (Å²) in [4.78, 5) is 25.3. The van der Waals surface area contributed by atoms with Gasteiger partial charge in [-0.15, -0.1) is 0 Å². The number of halogens is 2. The first kappa shape index (κ1) is 10.4. The van der Waals surface area contributed by atoms with Crippen molar-refractivity contribution in [3.8, 4) is 0 Å². The molecule has 16 heavy (non-hydrogen) atoms. The van der Waals surface area contributed by atoms with Crippen LogP contribution in [-0.2, 0) is 9.59 Å². The van der Waals surface area contributed by atoms with Crippen molar-refractivity contribution < 1.29 is 23.5 Å². The van der Waals surface area contributed by atoms with Crippen molar-refractivity contribution in [1.29, 1.82) is 0 Å². The van der Waals surface area contributed by atoms with E-state index in [2.05, 4.69) is 4.99 Å². The maximum Gasteiger partial charge on any atom is 0.332 e. The quantitative estimate of drug-likeness (QED) is 0.731. The zero-order chi connectivity index (χ0) is 11.9. The zero-order valence-electron chi connectivity index (χ0n) is 7.78. The molecule has 0 saturated heterocycles. The maximum atomic E-state index is 12.9. The minimum absolute atomic E-state index is 0.0937. The van der Waals surface area contributed by atoms with Crippen LogP contribution < -0.4 is 0 Å². The van der Waals surface area contributed by atoms with Gasteiger partial charge in [0.15, 0.2) is 11.7 Å². The molecule has 1 N–H and O–H groups in total. The lowest BCUT2D eigenvalue weighted by atomic mass is 9.87. The molecule has 0 aromatic rings. The van der Waals surface area contributed by atoms with Crippen LogP contribution >= 0.6 is 0 Å². The van der Waals surface area contributed by atoms with E-state index in [1.165, 1.54) is 0 Å². The normalized spacial score (nSPS) is 23.9. The number of carboxylic acids is 1. The molecule has 1 atom stereocenters. The van der Waals surface area contributed by atoms with Gasteiger partial charge in [0, 0.05) is 6.08 Å². The van der Waals surface area contributed by atoms with Gasteiger partial charge in [0.25, 0.3) is 5.91 Å². The Morgan fingerprint density at radius 1 is 1.31 bits per heavy atom. The van der Waals surface area contributed by atoms with Crippen molar-refractivity contribution in [2.24, 2.45) is 10.9 Å². The van der Waals surface area contributed by atoms with E-state index < -0.39 is 29.4 Å². The number of dihydropyridines is 1. The van der Waals surface area contributed by atoms with Gasteiger partial charge in [0.2, 0.25) is 0 Å². The molecule has 1 aliphatic heterocycles. The van der Waals surface area contributed by atoms with E-state index in [4.69, 9.17) is 5.11 Å². The number of nitrogens with zero attached hydrogens (tertiary/aromatic N) is 1. The summed E-state index contributed by atoms with van der Waals surface area (Å²) in [6.45, 7) is 0. The largest absolute Gasteiger partial charge is 0.478 e. The average molecular weight is 225 g/mol. The minimum Gasteiger partial charge on any atom is -0.478 e. The fourth-order valence-electron chi connectivity index (χ4n) is 1.53. The molecule has 6 heteroatoms. The van der Waals surface area contributed by atoms with Gasteiger partial charge in [-0.25, -0.2) is 18.6 Å². The lowest BCUT2D eigenvalue weighted by Gasteiger charge is -2.20. The van der Waals surface area contributed by atoms with Gasteiger partial charge >= 0.3 is 5.97 Å². The Hall–Kier alpha value is -2.11. The van der Waals surface area contributed by atoms with Gasteiger partial charge in [0.05, 0.1) is 17.2 Å². The van der Waals surface area contributed by atoms with Crippen molar-refractivity contribution >= 4 is 17.6 Å². The Balaban J connectivity index is 2.51. The van der Waals surface area contributed by atoms with E-state index in [0.717, 1.165) is 18.2 Å². The molecule has 0 saturated carbocycles. The fraction of sp³-hybridized carbons (Fsp3) is 0.100. The molecule has 0 radical (unpaired) electrons. The summed E-state index contributed by atoms with van der Waals surface area (Å²) in [5.74, 6) is -5.46. The van der Waals surface area contributed by atoms with Crippen molar-refractivity contribution in [2.75, 3.05) is 0 Å². The Bertz CT molecular complexity index is 514. The molecular formula is C10H5F2NO3. The summed E-state index contributed by atoms with van der Waals surface area (Å²) in [5.41, 5.74) is -0.405. The Morgan fingerprint density at radius 3 is 2.62 bits per heavy atom. The predicted molar refractivity (Wildman–Crippen MR) is 50.0 cm³/mol. The van der Waals surface area contributed by atoms with E-state index in [1.54, 1.807) is 0 Å². The number of rotatable bonds is 1. The molecule has 1 aliphatic carbocycles. The second-order valence-electron chi connectivity index (χ2n) is 3.26. The number of hydrogen-bond donors (Lipinski definition) is 1. The number of hydrogen-bond acceptors (Lipinski definition) is 2. The number of carbonyl (C=O) groups is 2. The maximum absolute atomic E-state index is 12.9. The van der Waals surface area contributed by atoms with Crippen molar-refractivity contribution in [3.05, 3.63) is 35.5 Å². The molecule has 2 aliphatic rings. The molecule has 0 aromatic heterocycles. The van der Waals surface area contributed by atoms with E-state index in [9.17, 15) is 18.4 Å². The number of fused-ring (bicyclic) bond motifs is 1. The predicted octanol–water partition coefficient (Wildman–Crippen LogP) is 1.32.